The van der Waals surface area contributed by atoms with Gasteiger partial charge in [0.25, 0.3) is 0 Å². The number of hydrogen-bond donors (Lipinski definition) is 1. The third kappa shape index (κ3) is 8.64. The molecule has 0 aliphatic heterocycles. The zero-order chi connectivity index (χ0) is 29.9. The normalized spacial score (nSPS) is 11.2. The summed E-state index contributed by atoms with van der Waals surface area (Å²) in [4.78, 5) is 14.6. The minimum Gasteiger partial charge on any atom is -0.507 e. The van der Waals surface area contributed by atoms with Crippen LogP contribution in [0.2, 0.25) is 0 Å². The van der Waals surface area contributed by atoms with E-state index in [1.807, 2.05) is 12.1 Å². The van der Waals surface area contributed by atoms with Crippen LogP contribution in [0, 0.1) is 27.7 Å². The summed E-state index contributed by atoms with van der Waals surface area (Å²) in [6, 6.07) is 17.9. The molecule has 5 heteroatoms. The van der Waals surface area contributed by atoms with Gasteiger partial charge < -0.3 is 9.84 Å². The number of rotatable bonds is 15. The third-order valence-corrected chi connectivity index (χ3v) is 7.86. The first-order valence-corrected chi connectivity index (χ1v) is 15.7. The van der Waals surface area contributed by atoms with Crippen molar-refractivity contribution < 1.29 is 9.84 Å². The predicted octanol–water partition coefficient (Wildman–Crippen LogP) is 10.1. The molecule has 5 nitrogen and oxygen atoms in total. The van der Waals surface area contributed by atoms with Crippen LogP contribution in [0.25, 0.3) is 34.2 Å². The minimum atomic E-state index is 0.0972. The Kier molecular flexibility index (Phi) is 11.5. The summed E-state index contributed by atoms with van der Waals surface area (Å²) >= 11 is 0. The first-order chi connectivity index (χ1) is 20.4. The smallest absolute Gasteiger partial charge is 0.167 e. The third-order valence-electron chi connectivity index (χ3n) is 7.86. The Morgan fingerprint density at radius 1 is 0.548 bits per heavy atom. The Hall–Kier alpha value is -3.73. The number of phenolic OH excluding ortho intramolecular Hbond substituents is 1. The highest BCUT2D eigenvalue weighted by molar-refractivity contribution is 5.72. The maximum atomic E-state index is 11.0. The van der Waals surface area contributed by atoms with Gasteiger partial charge in [-0.25, -0.2) is 15.0 Å². The highest BCUT2D eigenvalue weighted by Gasteiger charge is 2.17. The molecule has 0 bridgehead atoms. The Morgan fingerprint density at radius 3 is 1.48 bits per heavy atom. The van der Waals surface area contributed by atoms with Crippen molar-refractivity contribution in [3.63, 3.8) is 0 Å². The lowest BCUT2D eigenvalue weighted by atomic mass is 10.0. The molecule has 0 fully saturated rings. The van der Waals surface area contributed by atoms with E-state index in [1.165, 1.54) is 68.9 Å². The fraction of sp³-hybridized carbons (Fsp3) is 0.432. The maximum Gasteiger partial charge on any atom is 0.167 e. The lowest BCUT2D eigenvalue weighted by Gasteiger charge is -2.13. The molecule has 1 N–H and O–H groups in total. The number of hydrogen-bond acceptors (Lipinski definition) is 5. The monoisotopic (exact) mass is 565 g/mol. The van der Waals surface area contributed by atoms with Gasteiger partial charge in [-0.05, 0) is 57.4 Å². The summed E-state index contributed by atoms with van der Waals surface area (Å²) < 4.78 is 5.98. The molecule has 0 aliphatic rings. The fourth-order valence-electron chi connectivity index (χ4n) is 5.44. The number of ether oxygens (including phenoxy) is 1. The molecule has 0 amide bonds. The molecule has 0 unspecified atom stereocenters. The first-order valence-electron chi connectivity index (χ1n) is 15.7. The Labute approximate surface area is 252 Å². The maximum absolute atomic E-state index is 11.0. The summed E-state index contributed by atoms with van der Waals surface area (Å²) in [6.07, 6.45) is 12.9. The molecule has 1 aromatic heterocycles. The molecule has 0 radical (unpaired) electrons. The second-order valence-corrected chi connectivity index (χ2v) is 11.7. The quantitative estimate of drug-likeness (QED) is 0.145. The van der Waals surface area contributed by atoms with Crippen molar-refractivity contribution in [3.05, 3.63) is 76.9 Å². The van der Waals surface area contributed by atoms with E-state index >= 15 is 0 Å². The lowest BCUT2D eigenvalue weighted by molar-refractivity contribution is 0.302. The second kappa shape index (κ2) is 15.5. The molecule has 1 heterocycles. The van der Waals surface area contributed by atoms with E-state index in [1.54, 1.807) is 6.07 Å². The van der Waals surface area contributed by atoms with Gasteiger partial charge in [-0.2, -0.15) is 0 Å². The van der Waals surface area contributed by atoms with Crippen LogP contribution in [-0.2, 0) is 0 Å². The van der Waals surface area contributed by atoms with E-state index < -0.39 is 0 Å². The largest absolute Gasteiger partial charge is 0.507 e. The molecule has 0 atom stereocenters. The van der Waals surface area contributed by atoms with Crippen molar-refractivity contribution in [2.24, 2.45) is 0 Å². The van der Waals surface area contributed by atoms with Gasteiger partial charge in [0.1, 0.15) is 11.5 Å². The van der Waals surface area contributed by atoms with Crippen LogP contribution < -0.4 is 4.74 Å². The summed E-state index contributed by atoms with van der Waals surface area (Å²) in [7, 11) is 0. The molecule has 0 saturated heterocycles. The summed E-state index contributed by atoms with van der Waals surface area (Å²) in [5.74, 6) is 2.38. The number of phenols is 1. The van der Waals surface area contributed by atoms with E-state index in [0.29, 0.717) is 35.4 Å². The zero-order valence-electron chi connectivity index (χ0n) is 26.2. The average molecular weight is 566 g/mol. The van der Waals surface area contributed by atoms with E-state index in [9.17, 15) is 5.11 Å². The Bertz CT molecular complexity index is 1390. The first kappa shape index (κ1) is 31.2. The number of aromatic hydroxyl groups is 1. The highest BCUT2D eigenvalue weighted by atomic mass is 16.5. The van der Waals surface area contributed by atoms with Crippen molar-refractivity contribution in [3.8, 4) is 45.7 Å². The molecular formula is C37H47N3O2. The van der Waals surface area contributed by atoms with E-state index in [0.717, 1.165) is 28.7 Å². The molecule has 0 spiro atoms. The molecule has 3 aromatic carbocycles. The average Bonchev–Trinajstić information content (AvgIpc) is 2.95. The van der Waals surface area contributed by atoms with Crippen molar-refractivity contribution in [1.82, 2.24) is 15.0 Å². The van der Waals surface area contributed by atoms with E-state index in [4.69, 9.17) is 19.7 Å². The van der Waals surface area contributed by atoms with Crippen LogP contribution in [0.4, 0.5) is 0 Å². The van der Waals surface area contributed by atoms with Gasteiger partial charge in [-0.3, -0.25) is 0 Å². The van der Waals surface area contributed by atoms with E-state index in [-0.39, 0.29) is 5.75 Å². The second-order valence-electron chi connectivity index (χ2n) is 11.7. The lowest BCUT2D eigenvalue weighted by Crippen LogP contribution is -2.02. The standard InChI is InChI=1S/C37H47N3O2/c1-6-7-8-9-10-11-12-13-14-15-22-42-30-18-21-33(34(41)25-30)37-39-35(31-19-16-26(2)23-28(31)4)38-36(40-37)32-20-17-27(3)24-29(32)5/h16-21,23-25,41H,6-15,22H2,1-5H3. The fourth-order valence-corrected chi connectivity index (χ4v) is 5.44. The summed E-state index contributed by atoms with van der Waals surface area (Å²) in [5, 5.41) is 11.0. The zero-order valence-corrected chi connectivity index (χ0v) is 26.2. The SMILES string of the molecule is CCCCCCCCCCCCOc1ccc(-c2nc(-c3ccc(C)cc3C)nc(-c3ccc(C)cc3C)n2)c(O)c1. The number of nitrogens with zero attached hydrogens (tertiary/aromatic N) is 3. The highest BCUT2D eigenvalue weighted by Crippen LogP contribution is 2.34. The Balaban J connectivity index is 1.47. The van der Waals surface area contributed by atoms with Gasteiger partial charge in [-0.1, -0.05) is 112 Å². The van der Waals surface area contributed by atoms with Crippen molar-refractivity contribution in [2.75, 3.05) is 6.61 Å². The van der Waals surface area contributed by atoms with Crippen LogP contribution in [0.3, 0.4) is 0 Å². The van der Waals surface area contributed by atoms with Gasteiger partial charge in [0, 0.05) is 17.2 Å². The van der Waals surface area contributed by atoms with Crippen molar-refractivity contribution in [1.29, 1.82) is 0 Å². The number of benzene rings is 3. The van der Waals surface area contributed by atoms with Gasteiger partial charge in [0.05, 0.1) is 12.2 Å². The van der Waals surface area contributed by atoms with Gasteiger partial charge in [0.15, 0.2) is 17.5 Å². The van der Waals surface area contributed by atoms with Crippen LogP contribution in [0.1, 0.15) is 93.4 Å². The van der Waals surface area contributed by atoms with Crippen molar-refractivity contribution >= 4 is 0 Å². The molecule has 0 saturated carbocycles. The molecule has 42 heavy (non-hydrogen) atoms. The van der Waals surface area contributed by atoms with Gasteiger partial charge >= 0.3 is 0 Å². The molecular weight excluding hydrogens is 518 g/mol. The minimum absolute atomic E-state index is 0.0972. The van der Waals surface area contributed by atoms with Crippen LogP contribution in [-0.4, -0.2) is 26.7 Å². The summed E-state index contributed by atoms with van der Waals surface area (Å²) in [5.41, 5.74) is 7.02. The summed E-state index contributed by atoms with van der Waals surface area (Å²) in [6.45, 7) is 11.2. The van der Waals surface area contributed by atoms with Gasteiger partial charge in [0.2, 0.25) is 0 Å². The Morgan fingerprint density at radius 2 is 1.00 bits per heavy atom. The molecule has 4 aromatic rings. The van der Waals surface area contributed by atoms with Crippen molar-refractivity contribution in [2.45, 2.75) is 98.8 Å². The van der Waals surface area contributed by atoms with E-state index in [2.05, 4.69) is 71.0 Å². The molecule has 0 aliphatic carbocycles. The number of aromatic nitrogens is 3. The van der Waals surface area contributed by atoms with Crippen LogP contribution >= 0.6 is 0 Å². The molecule has 4 rings (SSSR count). The predicted molar refractivity (Wildman–Crippen MR) is 174 cm³/mol. The van der Waals surface area contributed by atoms with Gasteiger partial charge in [-0.15, -0.1) is 0 Å². The topological polar surface area (TPSA) is 68.1 Å². The number of unbranched alkanes of at least 4 members (excludes halogenated alkanes) is 9. The van der Waals surface area contributed by atoms with Crippen LogP contribution in [0.5, 0.6) is 11.5 Å². The number of aryl methyl sites for hydroxylation is 4. The molecule has 222 valence electrons. The van der Waals surface area contributed by atoms with Crippen LogP contribution in [0.15, 0.2) is 54.6 Å².